The van der Waals surface area contributed by atoms with E-state index in [0.29, 0.717) is 5.96 Å². The van der Waals surface area contributed by atoms with Crippen molar-refractivity contribution in [1.29, 1.82) is 0 Å². The van der Waals surface area contributed by atoms with Crippen molar-refractivity contribution in [3.63, 3.8) is 0 Å². The third-order valence-corrected chi connectivity index (χ3v) is 3.90. The average Bonchev–Trinajstić information content (AvgIpc) is 3.25. The molecule has 1 saturated heterocycles. The van der Waals surface area contributed by atoms with Gasteiger partial charge in [0.05, 0.1) is 6.26 Å². The molecule has 0 spiro atoms. The fraction of sp³-hybridized carbons (Fsp3) is 0.647. The summed E-state index contributed by atoms with van der Waals surface area (Å²) in [6.07, 6.45) is 6.90. The van der Waals surface area contributed by atoms with Crippen molar-refractivity contribution in [2.75, 3.05) is 32.7 Å². The first-order valence-corrected chi connectivity index (χ1v) is 8.62. The zero-order valence-electron chi connectivity index (χ0n) is 14.0. The summed E-state index contributed by atoms with van der Waals surface area (Å²) in [7, 11) is 0. The quantitative estimate of drug-likeness (QED) is 0.435. The number of carbonyl (C=O) groups excluding carboxylic acids is 1. The summed E-state index contributed by atoms with van der Waals surface area (Å²) in [5.74, 6) is 1.77. The number of nitrogens with one attached hydrogen (secondary N) is 2. The third kappa shape index (κ3) is 6.34. The maximum absolute atomic E-state index is 12.1. The number of hydrogen-bond acceptors (Lipinski definition) is 3. The maximum Gasteiger partial charge on any atom is 0.244 e. The zero-order valence-corrected chi connectivity index (χ0v) is 14.0. The summed E-state index contributed by atoms with van der Waals surface area (Å²) in [5.41, 5.74) is 0. The lowest BCUT2D eigenvalue weighted by atomic mass is 10.3. The van der Waals surface area contributed by atoms with Crippen molar-refractivity contribution in [2.45, 2.75) is 39.0 Å². The minimum absolute atomic E-state index is 0.116. The molecule has 2 heterocycles. The van der Waals surface area contributed by atoms with Crippen molar-refractivity contribution >= 4 is 11.9 Å². The first-order valence-electron chi connectivity index (χ1n) is 8.62. The van der Waals surface area contributed by atoms with Gasteiger partial charge in [0.15, 0.2) is 5.96 Å². The Balaban J connectivity index is 1.78. The predicted molar refractivity (Wildman–Crippen MR) is 91.4 cm³/mol. The summed E-state index contributed by atoms with van der Waals surface area (Å²) in [5, 5.41) is 6.56. The molecule has 128 valence electrons. The van der Waals surface area contributed by atoms with Crippen molar-refractivity contribution in [1.82, 2.24) is 15.5 Å². The van der Waals surface area contributed by atoms with E-state index in [4.69, 9.17) is 4.42 Å². The Kier molecular flexibility index (Phi) is 7.49. The Morgan fingerprint density at radius 2 is 2.09 bits per heavy atom. The average molecular weight is 320 g/mol. The second-order valence-corrected chi connectivity index (χ2v) is 5.79. The molecule has 0 bridgehead atoms. The second-order valence-electron chi connectivity index (χ2n) is 5.79. The summed E-state index contributed by atoms with van der Waals surface area (Å²) in [6.45, 7) is 5.70. The van der Waals surface area contributed by atoms with E-state index < -0.39 is 0 Å². The molecule has 23 heavy (non-hydrogen) atoms. The number of aliphatic imine (C=N–C) groups is 1. The molecule has 2 rings (SSSR count). The van der Waals surface area contributed by atoms with E-state index in [2.05, 4.69) is 22.5 Å². The highest BCUT2D eigenvalue weighted by Crippen LogP contribution is 2.07. The molecule has 2 N–H and O–H groups in total. The highest BCUT2D eigenvalue weighted by atomic mass is 16.3. The zero-order chi connectivity index (χ0) is 16.3. The van der Waals surface area contributed by atoms with Gasteiger partial charge in [0.1, 0.15) is 12.3 Å². The minimum Gasteiger partial charge on any atom is -0.469 e. The van der Waals surface area contributed by atoms with Gasteiger partial charge in [0, 0.05) is 32.6 Å². The molecule has 1 aliphatic rings. The third-order valence-electron chi connectivity index (χ3n) is 3.90. The summed E-state index contributed by atoms with van der Waals surface area (Å²) < 4.78 is 5.32. The Morgan fingerprint density at radius 3 is 2.78 bits per heavy atom. The Bertz CT molecular complexity index is 479. The Morgan fingerprint density at radius 1 is 1.30 bits per heavy atom. The number of nitrogens with zero attached hydrogens (tertiary/aromatic N) is 2. The Hall–Kier alpha value is -1.98. The predicted octanol–water partition coefficient (Wildman–Crippen LogP) is 1.78. The van der Waals surface area contributed by atoms with Gasteiger partial charge < -0.3 is 20.0 Å². The van der Waals surface area contributed by atoms with Crippen LogP contribution in [0.1, 0.15) is 38.4 Å². The van der Waals surface area contributed by atoms with Crippen LogP contribution in [-0.2, 0) is 11.2 Å². The van der Waals surface area contributed by atoms with Gasteiger partial charge in [-0.05, 0) is 31.4 Å². The number of rotatable bonds is 8. The monoisotopic (exact) mass is 320 g/mol. The number of likely N-dealkylation sites (tertiary alicyclic amines) is 1. The molecule has 0 aromatic carbocycles. The van der Waals surface area contributed by atoms with E-state index in [1.807, 2.05) is 17.0 Å². The van der Waals surface area contributed by atoms with Gasteiger partial charge in [-0.15, -0.1) is 0 Å². The molecule has 0 saturated carbocycles. The standard InChI is InChI=1S/C17H28N4O2/c1-2-3-9-18-17(19-10-8-15-7-6-13-23-15)20-14-16(22)21-11-4-5-12-21/h6-7,13H,2-5,8-12,14H2,1H3,(H2,18,19,20). The van der Waals surface area contributed by atoms with Gasteiger partial charge in [-0.25, -0.2) is 4.99 Å². The lowest BCUT2D eigenvalue weighted by Gasteiger charge is -2.15. The van der Waals surface area contributed by atoms with Crippen LogP contribution in [0.2, 0.25) is 0 Å². The first-order chi connectivity index (χ1) is 11.3. The van der Waals surface area contributed by atoms with Crippen LogP contribution in [-0.4, -0.2) is 49.5 Å². The fourth-order valence-electron chi connectivity index (χ4n) is 2.53. The minimum atomic E-state index is 0.116. The smallest absolute Gasteiger partial charge is 0.244 e. The molecule has 1 amide bonds. The fourth-order valence-corrected chi connectivity index (χ4v) is 2.53. The van der Waals surface area contributed by atoms with Crippen molar-refractivity contribution in [3.05, 3.63) is 24.2 Å². The van der Waals surface area contributed by atoms with Gasteiger partial charge in [0.25, 0.3) is 0 Å². The highest BCUT2D eigenvalue weighted by Gasteiger charge is 2.17. The molecule has 1 aromatic rings. The molecule has 1 aliphatic heterocycles. The molecule has 6 heteroatoms. The number of furan rings is 1. The van der Waals surface area contributed by atoms with Crippen LogP contribution in [0.3, 0.4) is 0 Å². The molecule has 0 radical (unpaired) electrons. The van der Waals surface area contributed by atoms with Crippen LogP contribution in [0.15, 0.2) is 27.8 Å². The van der Waals surface area contributed by atoms with Crippen LogP contribution >= 0.6 is 0 Å². The van der Waals surface area contributed by atoms with Gasteiger partial charge >= 0.3 is 0 Å². The second kappa shape index (κ2) is 9.92. The molecule has 1 fully saturated rings. The molecule has 6 nitrogen and oxygen atoms in total. The summed E-state index contributed by atoms with van der Waals surface area (Å²) >= 11 is 0. The van der Waals surface area contributed by atoms with E-state index in [1.165, 1.54) is 0 Å². The molecule has 0 atom stereocenters. The van der Waals surface area contributed by atoms with Gasteiger partial charge in [-0.2, -0.15) is 0 Å². The lowest BCUT2D eigenvalue weighted by Crippen LogP contribution is -2.40. The Labute approximate surface area is 138 Å². The number of carbonyl (C=O) groups is 1. The van der Waals surface area contributed by atoms with Crippen LogP contribution in [0.4, 0.5) is 0 Å². The van der Waals surface area contributed by atoms with Gasteiger partial charge in [-0.1, -0.05) is 13.3 Å². The lowest BCUT2D eigenvalue weighted by molar-refractivity contribution is -0.128. The SMILES string of the molecule is CCCCNC(=NCC(=O)N1CCCC1)NCCc1ccco1. The molecular formula is C17H28N4O2. The van der Waals surface area contributed by atoms with Crippen LogP contribution < -0.4 is 10.6 Å². The molecule has 0 aliphatic carbocycles. The van der Waals surface area contributed by atoms with E-state index in [9.17, 15) is 4.79 Å². The van der Waals surface area contributed by atoms with Crippen LogP contribution in [0, 0.1) is 0 Å². The largest absolute Gasteiger partial charge is 0.469 e. The highest BCUT2D eigenvalue weighted by molar-refractivity contribution is 5.85. The molecule has 0 unspecified atom stereocenters. The number of amides is 1. The normalized spacial score (nSPS) is 15.0. The number of hydrogen-bond donors (Lipinski definition) is 2. The summed E-state index contributed by atoms with van der Waals surface area (Å²) in [6, 6.07) is 3.85. The van der Waals surface area contributed by atoms with Crippen molar-refractivity contribution in [2.24, 2.45) is 4.99 Å². The van der Waals surface area contributed by atoms with E-state index in [-0.39, 0.29) is 12.5 Å². The number of guanidine groups is 1. The van der Waals surface area contributed by atoms with E-state index >= 15 is 0 Å². The maximum atomic E-state index is 12.1. The first kappa shape index (κ1) is 17.4. The van der Waals surface area contributed by atoms with Gasteiger partial charge in [-0.3, -0.25) is 4.79 Å². The number of unbranched alkanes of at least 4 members (excludes halogenated alkanes) is 1. The molecular weight excluding hydrogens is 292 g/mol. The van der Waals surface area contributed by atoms with E-state index in [0.717, 1.165) is 64.0 Å². The van der Waals surface area contributed by atoms with E-state index in [1.54, 1.807) is 6.26 Å². The van der Waals surface area contributed by atoms with Gasteiger partial charge in [0.2, 0.25) is 5.91 Å². The summed E-state index contributed by atoms with van der Waals surface area (Å²) in [4.78, 5) is 18.4. The van der Waals surface area contributed by atoms with Crippen LogP contribution in [0.25, 0.3) is 0 Å². The topological polar surface area (TPSA) is 69.9 Å². The van der Waals surface area contributed by atoms with Crippen molar-refractivity contribution < 1.29 is 9.21 Å². The van der Waals surface area contributed by atoms with Crippen LogP contribution in [0.5, 0.6) is 0 Å². The molecule has 1 aromatic heterocycles. The van der Waals surface area contributed by atoms with Crippen molar-refractivity contribution in [3.8, 4) is 0 Å².